The van der Waals surface area contributed by atoms with Gasteiger partial charge in [-0.25, -0.2) is 13.6 Å². The molecule has 7 heteroatoms. The van der Waals surface area contributed by atoms with Crippen LogP contribution in [0.4, 0.5) is 5.69 Å². The number of hydrogen-bond acceptors (Lipinski definition) is 4. The number of nitrogens with one attached hydrogen (secondary N) is 1. The van der Waals surface area contributed by atoms with Crippen LogP contribution in [0.2, 0.25) is 0 Å². The first-order valence-corrected chi connectivity index (χ1v) is 8.11. The summed E-state index contributed by atoms with van der Waals surface area (Å²) in [5, 5.41) is 7.72. The number of rotatable bonds is 4. The van der Waals surface area contributed by atoms with E-state index in [1.807, 2.05) is 6.92 Å². The molecule has 1 aromatic rings. The SMILES string of the molecule is CC1CCC(C(=O)Nc2ccc(CS(N)(=O)=O)cc2)O1. The summed E-state index contributed by atoms with van der Waals surface area (Å²) in [6.45, 7) is 1.94. The van der Waals surface area contributed by atoms with Crippen LogP contribution in [0.1, 0.15) is 25.3 Å². The number of hydrogen-bond donors (Lipinski definition) is 2. The smallest absolute Gasteiger partial charge is 0.253 e. The van der Waals surface area contributed by atoms with Gasteiger partial charge in [-0.1, -0.05) is 12.1 Å². The predicted molar refractivity (Wildman–Crippen MR) is 75.5 cm³/mol. The second-order valence-electron chi connectivity index (χ2n) is 5.01. The van der Waals surface area contributed by atoms with Crippen molar-refractivity contribution in [3.8, 4) is 0 Å². The Labute approximate surface area is 118 Å². The summed E-state index contributed by atoms with van der Waals surface area (Å²) in [5.74, 6) is -0.390. The molecule has 1 aliphatic rings. The number of carbonyl (C=O) groups excluding carboxylic acids is 1. The number of benzene rings is 1. The first-order valence-electron chi connectivity index (χ1n) is 6.39. The molecule has 1 saturated heterocycles. The Morgan fingerprint density at radius 3 is 2.50 bits per heavy atom. The van der Waals surface area contributed by atoms with E-state index in [4.69, 9.17) is 9.88 Å². The minimum atomic E-state index is -3.54. The summed E-state index contributed by atoms with van der Waals surface area (Å²) in [6, 6.07) is 6.55. The maximum Gasteiger partial charge on any atom is 0.253 e. The second kappa shape index (κ2) is 5.90. The summed E-state index contributed by atoms with van der Waals surface area (Å²) in [7, 11) is -3.54. The first kappa shape index (κ1) is 15.0. The normalized spacial score (nSPS) is 22.7. The van der Waals surface area contributed by atoms with Crippen LogP contribution in [0.3, 0.4) is 0 Å². The van der Waals surface area contributed by atoms with E-state index >= 15 is 0 Å². The quantitative estimate of drug-likeness (QED) is 0.865. The molecule has 3 N–H and O–H groups in total. The summed E-state index contributed by atoms with van der Waals surface area (Å²) in [5.41, 5.74) is 1.19. The molecule has 1 heterocycles. The van der Waals surface area contributed by atoms with Gasteiger partial charge in [0.1, 0.15) is 6.10 Å². The van der Waals surface area contributed by atoms with Crippen molar-refractivity contribution < 1.29 is 17.9 Å². The Kier molecular flexibility index (Phi) is 4.42. The lowest BCUT2D eigenvalue weighted by Gasteiger charge is -2.12. The van der Waals surface area contributed by atoms with Gasteiger partial charge in [0.25, 0.3) is 5.91 Å². The molecule has 2 atom stereocenters. The summed E-state index contributed by atoms with van der Waals surface area (Å²) < 4.78 is 27.4. The zero-order chi connectivity index (χ0) is 14.8. The zero-order valence-electron chi connectivity index (χ0n) is 11.2. The molecule has 0 aromatic heterocycles. The molecule has 0 bridgehead atoms. The molecule has 1 fully saturated rings. The molecule has 0 aliphatic carbocycles. The Morgan fingerprint density at radius 1 is 1.35 bits per heavy atom. The largest absolute Gasteiger partial charge is 0.365 e. The van der Waals surface area contributed by atoms with Crippen molar-refractivity contribution >= 4 is 21.6 Å². The summed E-state index contributed by atoms with van der Waals surface area (Å²) in [6.07, 6.45) is 1.30. The fourth-order valence-corrected chi connectivity index (χ4v) is 2.79. The Balaban J connectivity index is 1.95. The van der Waals surface area contributed by atoms with E-state index in [0.717, 1.165) is 12.8 Å². The third-order valence-corrected chi connectivity index (χ3v) is 3.85. The molecule has 0 saturated carbocycles. The molecule has 1 amide bonds. The molecular weight excluding hydrogens is 280 g/mol. The number of carbonyl (C=O) groups is 1. The number of anilines is 1. The maximum atomic E-state index is 11.9. The van der Waals surface area contributed by atoms with Gasteiger partial charge in [-0.2, -0.15) is 0 Å². The lowest BCUT2D eigenvalue weighted by molar-refractivity contribution is -0.126. The van der Waals surface area contributed by atoms with Crippen LogP contribution in [-0.4, -0.2) is 26.5 Å². The molecule has 20 heavy (non-hydrogen) atoms. The maximum absolute atomic E-state index is 11.9. The van der Waals surface area contributed by atoms with Crippen molar-refractivity contribution in [1.29, 1.82) is 0 Å². The number of ether oxygens (including phenoxy) is 1. The monoisotopic (exact) mass is 298 g/mol. The van der Waals surface area contributed by atoms with E-state index in [0.29, 0.717) is 11.3 Å². The van der Waals surface area contributed by atoms with Crippen LogP contribution in [0, 0.1) is 0 Å². The van der Waals surface area contributed by atoms with Crippen molar-refractivity contribution in [3.63, 3.8) is 0 Å². The van der Waals surface area contributed by atoms with E-state index < -0.39 is 16.1 Å². The highest BCUT2D eigenvalue weighted by Gasteiger charge is 2.28. The third kappa shape index (κ3) is 4.29. The van der Waals surface area contributed by atoms with Crippen LogP contribution < -0.4 is 10.5 Å². The molecule has 1 aromatic carbocycles. The highest BCUT2D eigenvalue weighted by atomic mass is 32.2. The van der Waals surface area contributed by atoms with Gasteiger partial charge in [-0.3, -0.25) is 4.79 Å². The van der Waals surface area contributed by atoms with Crippen LogP contribution in [0.25, 0.3) is 0 Å². The predicted octanol–water partition coefficient (Wildman–Crippen LogP) is 0.981. The average molecular weight is 298 g/mol. The lowest BCUT2D eigenvalue weighted by Crippen LogP contribution is -2.27. The molecule has 2 rings (SSSR count). The first-order chi connectivity index (χ1) is 9.33. The van der Waals surface area contributed by atoms with Crippen LogP contribution in [-0.2, 0) is 25.3 Å². The van der Waals surface area contributed by atoms with E-state index in [1.165, 1.54) is 0 Å². The molecule has 0 spiro atoms. The number of primary sulfonamides is 1. The Bertz CT molecular complexity index is 583. The Hall–Kier alpha value is -1.44. The molecule has 2 unspecified atom stereocenters. The molecular formula is C13H18N2O4S. The van der Waals surface area contributed by atoms with Gasteiger partial charge >= 0.3 is 0 Å². The fourth-order valence-electron chi connectivity index (χ4n) is 2.13. The number of sulfonamides is 1. The highest BCUT2D eigenvalue weighted by molar-refractivity contribution is 7.88. The average Bonchev–Trinajstić information content (AvgIpc) is 2.77. The van der Waals surface area contributed by atoms with Crippen molar-refractivity contribution in [2.45, 2.75) is 37.7 Å². The van der Waals surface area contributed by atoms with Gasteiger partial charge in [-0.15, -0.1) is 0 Å². The second-order valence-corrected chi connectivity index (χ2v) is 6.62. The van der Waals surface area contributed by atoms with Gasteiger partial charge in [-0.05, 0) is 37.5 Å². The lowest BCUT2D eigenvalue weighted by atomic mass is 10.2. The molecule has 0 radical (unpaired) electrons. The minimum Gasteiger partial charge on any atom is -0.365 e. The van der Waals surface area contributed by atoms with Crippen LogP contribution in [0.15, 0.2) is 24.3 Å². The van der Waals surface area contributed by atoms with Crippen LogP contribution in [0.5, 0.6) is 0 Å². The molecule has 110 valence electrons. The van der Waals surface area contributed by atoms with Crippen molar-refractivity contribution in [2.24, 2.45) is 5.14 Å². The molecule has 1 aliphatic heterocycles. The van der Waals surface area contributed by atoms with Crippen molar-refractivity contribution in [1.82, 2.24) is 0 Å². The third-order valence-electron chi connectivity index (χ3n) is 3.11. The zero-order valence-corrected chi connectivity index (χ0v) is 12.0. The fraction of sp³-hybridized carbons (Fsp3) is 0.462. The number of nitrogens with two attached hydrogens (primary N) is 1. The van der Waals surface area contributed by atoms with Gasteiger partial charge < -0.3 is 10.1 Å². The molecule has 6 nitrogen and oxygen atoms in total. The number of amides is 1. The Morgan fingerprint density at radius 2 is 2.00 bits per heavy atom. The highest BCUT2D eigenvalue weighted by Crippen LogP contribution is 2.20. The van der Waals surface area contributed by atoms with Gasteiger partial charge in [0, 0.05) is 5.69 Å². The van der Waals surface area contributed by atoms with Crippen LogP contribution >= 0.6 is 0 Å². The van der Waals surface area contributed by atoms with Gasteiger partial charge in [0.15, 0.2) is 0 Å². The standard InChI is InChI=1S/C13H18N2O4S/c1-9-2-7-12(19-9)13(16)15-11-5-3-10(4-6-11)8-20(14,17)18/h3-6,9,12H,2,7-8H2,1H3,(H,15,16)(H2,14,17,18). The van der Waals surface area contributed by atoms with Crippen molar-refractivity contribution in [2.75, 3.05) is 5.32 Å². The summed E-state index contributed by atoms with van der Waals surface area (Å²) >= 11 is 0. The van der Waals surface area contributed by atoms with Gasteiger partial charge in [0.05, 0.1) is 11.9 Å². The van der Waals surface area contributed by atoms with E-state index in [2.05, 4.69) is 5.32 Å². The van der Waals surface area contributed by atoms with E-state index in [1.54, 1.807) is 24.3 Å². The minimum absolute atomic E-state index is 0.114. The van der Waals surface area contributed by atoms with E-state index in [9.17, 15) is 13.2 Å². The van der Waals surface area contributed by atoms with E-state index in [-0.39, 0.29) is 17.8 Å². The van der Waals surface area contributed by atoms with Gasteiger partial charge in [0.2, 0.25) is 10.0 Å². The van der Waals surface area contributed by atoms with Crippen molar-refractivity contribution in [3.05, 3.63) is 29.8 Å². The topological polar surface area (TPSA) is 98.5 Å². The summed E-state index contributed by atoms with van der Waals surface area (Å²) in [4.78, 5) is 11.9.